The Hall–Kier alpha value is -0.580. The van der Waals surface area contributed by atoms with Crippen LogP contribution in [-0.2, 0) is 4.74 Å². The number of aliphatic hydroxyl groups is 3. The number of rotatable bonds is 1. The lowest BCUT2D eigenvalue weighted by atomic mass is 10.2. The van der Waals surface area contributed by atoms with Gasteiger partial charge in [0.05, 0.1) is 0 Å². The third kappa shape index (κ3) is 0.901. The normalized spacial score (nSPS) is 37.4. The van der Waals surface area contributed by atoms with Crippen molar-refractivity contribution in [1.29, 1.82) is 0 Å². The third-order valence-electron chi connectivity index (χ3n) is 1.38. The summed E-state index contributed by atoms with van der Waals surface area (Å²) in [4.78, 5) is 0. The summed E-state index contributed by atoms with van der Waals surface area (Å²) in [6.07, 6.45) is -1.28. The molecule has 0 radical (unpaired) electrons. The SMILES string of the molecule is CC(C)=C(O)C1(O)OC1O. The molecule has 58 valence electrons. The van der Waals surface area contributed by atoms with Gasteiger partial charge >= 0.3 is 0 Å². The van der Waals surface area contributed by atoms with Gasteiger partial charge in [-0.15, -0.1) is 0 Å². The second-order valence-corrected chi connectivity index (χ2v) is 2.52. The average Bonchev–Trinajstić information content (AvgIpc) is 2.41. The minimum atomic E-state index is -1.82. The van der Waals surface area contributed by atoms with E-state index < -0.39 is 12.1 Å². The summed E-state index contributed by atoms with van der Waals surface area (Å²) in [7, 11) is 0. The van der Waals surface area contributed by atoms with Crippen molar-refractivity contribution in [2.24, 2.45) is 0 Å². The Balaban J connectivity index is 2.77. The molecular formula is C6H10O4. The van der Waals surface area contributed by atoms with E-state index in [1.54, 1.807) is 13.8 Å². The first-order chi connectivity index (χ1) is 4.48. The van der Waals surface area contributed by atoms with Gasteiger partial charge in [-0.3, -0.25) is 0 Å². The summed E-state index contributed by atoms with van der Waals surface area (Å²) >= 11 is 0. The van der Waals surface area contributed by atoms with E-state index in [0.717, 1.165) is 0 Å². The van der Waals surface area contributed by atoms with Gasteiger partial charge in [0.15, 0.2) is 5.76 Å². The van der Waals surface area contributed by atoms with Gasteiger partial charge < -0.3 is 20.1 Å². The van der Waals surface area contributed by atoms with E-state index >= 15 is 0 Å². The number of ether oxygens (including phenoxy) is 1. The lowest BCUT2D eigenvalue weighted by Crippen LogP contribution is -2.18. The Kier molecular flexibility index (Phi) is 1.47. The monoisotopic (exact) mass is 146 g/mol. The molecule has 2 unspecified atom stereocenters. The predicted molar refractivity (Wildman–Crippen MR) is 33.0 cm³/mol. The Morgan fingerprint density at radius 2 is 1.90 bits per heavy atom. The zero-order chi connectivity index (χ0) is 7.94. The van der Waals surface area contributed by atoms with Gasteiger partial charge in [0, 0.05) is 0 Å². The first-order valence-corrected chi connectivity index (χ1v) is 2.93. The number of aliphatic hydroxyl groups excluding tert-OH is 2. The molecule has 0 aromatic heterocycles. The summed E-state index contributed by atoms with van der Waals surface area (Å²) in [6.45, 7) is 3.23. The Morgan fingerprint density at radius 3 is 2.00 bits per heavy atom. The van der Waals surface area contributed by atoms with Gasteiger partial charge in [-0.1, -0.05) is 0 Å². The topological polar surface area (TPSA) is 73.2 Å². The van der Waals surface area contributed by atoms with Gasteiger partial charge in [0.1, 0.15) is 0 Å². The number of epoxide rings is 1. The molecule has 0 spiro atoms. The highest BCUT2D eigenvalue weighted by Crippen LogP contribution is 2.38. The summed E-state index contributed by atoms with van der Waals surface area (Å²) in [5.41, 5.74) is 0.527. The lowest BCUT2D eigenvalue weighted by molar-refractivity contribution is 0.0299. The number of hydrogen-bond acceptors (Lipinski definition) is 4. The molecule has 0 amide bonds. The van der Waals surface area contributed by atoms with E-state index in [9.17, 15) is 0 Å². The molecule has 0 aromatic carbocycles. The van der Waals surface area contributed by atoms with Crippen molar-refractivity contribution in [3.05, 3.63) is 11.3 Å². The summed E-state index contributed by atoms with van der Waals surface area (Å²) in [5.74, 6) is -2.13. The maximum atomic E-state index is 9.06. The van der Waals surface area contributed by atoms with Crippen LogP contribution in [0.2, 0.25) is 0 Å². The highest BCUT2D eigenvalue weighted by atomic mass is 16.8. The maximum absolute atomic E-state index is 9.06. The van der Waals surface area contributed by atoms with Crippen LogP contribution in [0.25, 0.3) is 0 Å². The molecule has 0 bridgehead atoms. The zero-order valence-electron chi connectivity index (χ0n) is 5.83. The quantitative estimate of drug-likeness (QED) is 0.356. The van der Waals surface area contributed by atoms with Crippen LogP contribution in [0.3, 0.4) is 0 Å². The second kappa shape index (κ2) is 1.95. The van der Waals surface area contributed by atoms with E-state index in [1.807, 2.05) is 0 Å². The van der Waals surface area contributed by atoms with Crippen molar-refractivity contribution < 1.29 is 20.1 Å². The van der Waals surface area contributed by atoms with Gasteiger partial charge in [0.2, 0.25) is 6.29 Å². The van der Waals surface area contributed by atoms with E-state index in [2.05, 4.69) is 4.74 Å². The van der Waals surface area contributed by atoms with Crippen molar-refractivity contribution in [2.75, 3.05) is 0 Å². The van der Waals surface area contributed by atoms with Crippen molar-refractivity contribution in [1.82, 2.24) is 0 Å². The minimum absolute atomic E-state index is 0.306. The fraction of sp³-hybridized carbons (Fsp3) is 0.667. The number of allylic oxidation sites excluding steroid dienone is 1. The summed E-state index contributed by atoms with van der Waals surface area (Å²) in [6, 6.07) is 0. The van der Waals surface area contributed by atoms with E-state index in [1.165, 1.54) is 0 Å². The largest absolute Gasteiger partial charge is 0.507 e. The molecule has 2 atom stereocenters. The van der Waals surface area contributed by atoms with E-state index in [-0.39, 0.29) is 5.76 Å². The highest BCUT2D eigenvalue weighted by molar-refractivity contribution is 5.17. The summed E-state index contributed by atoms with van der Waals surface area (Å²) < 4.78 is 4.33. The van der Waals surface area contributed by atoms with Crippen molar-refractivity contribution in [2.45, 2.75) is 25.9 Å². The van der Waals surface area contributed by atoms with Crippen molar-refractivity contribution >= 4 is 0 Å². The molecule has 1 rings (SSSR count). The van der Waals surface area contributed by atoms with E-state index in [4.69, 9.17) is 15.3 Å². The van der Waals surface area contributed by atoms with Crippen LogP contribution in [-0.4, -0.2) is 27.4 Å². The average molecular weight is 146 g/mol. The van der Waals surface area contributed by atoms with Gasteiger partial charge in [-0.05, 0) is 19.4 Å². The molecule has 0 aliphatic carbocycles. The molecule has 4 nitrogen and oxygen atoms in total. The third-order valence-corrected chi connectivity index (χ3v) is 1.38. The molecule has 0 aromatic rings. The number of hydrogen-bond donors (Lipinski definition) is 3. The van der Waals surface area contributed by atoms with Crippen LogP contribution < -0.4 is 0 Å². The Bertz CT molecular complexity index is 182. The molecule has 1 fully saturated rings. The van der Waals surface area contributed by atoms with Crippen LogP contribution in [0.4, 0.5) is 0 Å². The second-order valence-electron chi connectivity index (χ2n) is 2.52. The molecule has 0 saturated carbocycles. The van der Waals surface area contributed by atoms with Crippen LogP contribution in [0, 0.1) is 0 Å². The zero-order valence-corrected chi connectivity index (χ0v) is 5.83. The fourth-order valence-electron chi connectivity index (χ4n) is 0.667. The van der Waals surface area contributed by atoms with Gasteiger partial charge in [-0.2, -0.15) is 0 Å². The molecular weight excluding hydrogens is 136 g/mol. The molecule has 1 saturated heterocycles. The molecule has 3 N–H and O–H groups in total. The Labute approximate surface area is 58.4 Å². The Morgan fingerprint density at radius 1 is 1.50 bits per heavy atom. The fourth-order valence-corrected chi connectivity index (χ4v) is 0.667. The van der Waals surface area contributed by atoms with Crippen molar-refractivity contribution in [3.8, 4) is 0 Å². The summed E-state index contributed by atoms with van der Waals surface area (Å²) in [5, 5.41) is 26.7. The lowest BCUT2D eigenvalue weighted by Gasteiger charge is -2.03. The van der Waals surface area contributed by atoms with Gasteiger partial charge in [0.25, 0.3) is 5.79 Å². The standard InChI is InChI=1S/C6H10O4/c1-3(2)4(7)6(9)5(8)10-6/h5,7-9H,1-2H3. The minimum Gasteiger partial charge on any atom is -0.507 e. The molecule has 1 aliphatic heterocycles. The molecule has 4 heteroatoms. The highest BCUT2D eigenvalue weighted by Gasteiger charge is 2.59. The molecule has 1 aliphatic rings. The smallest absolute Gasteiger partial charge is 0.280 e. The molecule has 10 heavy (non-hydrogen) atoms. The first kappa shape index (κ1) is 7.53. The first-order valence-electron chi connectivity index (χ1n) is 2.93. The van der Waals surface area contributed by atoms with Crippen LogP contribution >= 0.6 is 0 Å². The predicted octanol–water partition coefficient (Wildman–Crippen LogP) is -0.124. The van der Waals surface area contributed by atoms with Crippen LogP contribution in [0.15, 0.2) is 11.3 Å². The van der Waals surface area contributed by atoms with Crippen LogP contribution in [0.5, 0.6) is 0 Å². The molecule has 1 heterocycles. The van der Waals surface area contributed by atoms with E-state index in [0.29, 0.717) is 5.57 Å². The van der Waals surface area contributed by atoms with Gasteiger partial charge in [-0.25, -0.2) is 0 Å². The van der Waals surface area contributed by atoms with Crippen LogP contribution in [0.1, 0.15) is 13.8 Å². The maximum Gasteiger partial charge on any atom is 0.280 e. The van der Waals surface area contributed by atoms with Crippen molar-refractivity contribution in [3.63, 3.8) is 0 Å².